The molecule has 0 aliphatic heterocycles. The van der Waals surface area contributed by atoms with Crippen LogP contribution in [0.25, 0.3) is 0 Å². The lowest BCUT2D eigenvalue weighted by atomic mass is 10.2. The van der Waals surface area contributed by atoms with E-state index in [0.717, 1.165) is 0 Å². The number of anilines is 1. The van der Waals surface area contributed by atoms with Gasteiger partial charge in [-0.2, -0.15) is 5.10 Å². The fraction of sp³-hybridized carbons (Fsp3) is 0.273. The SMILES string of the molecule is CCOC(=O)COc1c(Br)cc(C=NNC(=O)CC(=O)Nc2cccc(Cl)c2Cl)cc1OCC. The average Bonchev–Trinajstić information content (AvgIpc) is 2.76. The van der Waals surface area contributed by atoms with Gasteiger partial charge < -0.3 is 19.5 Å². The Balaban J connectivity index is 1.98. The lowest BCUT2D eigenvalue weighted by molar-refractivity contribution is -0.145. The molecule has 2 rings (SSSR count). The maximum absolute atomic E-state index is 12.1. The number of amides is 2. The zero-order valence-electron chi connectivity index (χ0n) is 18.3. The van der Waals surface area contributed by atoms with E-state index < -0.39 is 24.2 Å². The molecule has 0 heterocycles. The molecule has 0 spiro atoms. The predicted molar refractivity (Wildman–Crippen MR) is 133 cm³/mol. The van der Waals surface area contributed by atoms with Crippen LogP contribution in [0, 0.1) is 0 Å². The Morgan fingerprint density at radius 1 is 1.09 bits per heavy atom. The molecule has 0 aliphatic carbocycles. The molecule has 34 heavy (non-hydrogen) atoms. The zero-order chi connectivity index (χ0) is 25.1. The summed E-state index contributed by atoms with van der Waals surface area (Å²) in [4.78, 5) is 35.7. The van der Waals surface area contributed by atoms with E-state index in [1.165, 1.54) is 6.21 Å². The highest BCUT2D eigenvalue weighted by Crippen LogP contribution is 2.36. The predicted octanol–water partition coefficient (Wildman–Crippen LogP) is 4.58. The second-order valence-corrected chi connectivity index (χ2v) is 8.12. The van der Waals surface area contributed by atoms with Crippen molar-refractivity contribution in [1.82, 2.24) is 5.43 Å². The number of nitrogens with one attached hydrogen (secondary N) is 2. The van der Waals surface area contributed by atoms with Gasteiger partial charge in [0, 0.05) is 0 Å². The third-order valence-corrected chi connectivity index (χ3v) is 5.33. The maximum Gasteiger partial charge on any atom is 0.344 e. The van der Waals surface area contributed by atoms with Gasteiger partial charge in [0.1, 0.15) is 6.42 Å². The number of carbonyl (C=O) groups is 3. The van der Waals surface area contributed by atoms with Crippen LogP contribution in [0.2, 0.25) is 10.0 Å². The quantitative estimate of drug-likeness (QED) is 0.176. The molecule has 2 aromatic rings. The number of nitrogens with zero attached hydrogens (tertiary/aromatic N) is 1. The minimum absolute atomic E-state index is 0.182. The van der Waals surface area contributed by atoms with Crippen LogP contribution in [0.15, 0.2) is 39.9 Å². The Hall–Kier alpha value is -2.82. The second kappa shape index (κ2) is 13.8. The Labute approximate surface area is 214 Å². The Kier molecular flexibility index (Phi) is 11.1. The first-order chi connectivity index (χ1) is 16.2. The molecule has 0 unspecified atom stereocenters. The second-order valence-electron chi connectivity index (χ2n) is 6.48. The van der Waals surface area contributed by atoms with Gasteiger partial charge in [0.25, 0.3) is 0 Å². The van der Waals surface area contributed by atoms with E-state index in [1.54, 1.807) is 44.2 Å². The van der Waals surface area contributed by atoms with E-state index >= 15 is 0 Å². The first kappa shape index (κ1) is 27.4. The summed E-state index contributed by atoms with van der Waals surface area (Å²) in [6.45, 7) is 3.82. The first-order valence-corrected chi connectivity index (χ1v) is 11.6. The van der Waals surface area contributed by atoms with E-state index in [0.29, 0.717) is 33.8 Å². The Bertz CT molecular complexity index is 1080. The van der Waals surface area contributed by atoms with E-state index in [2.05, 4.69) is 31.8 Å². The van der Waals surface area contributed by atoms with Crippen molar-refractivity contribution >= 4 is 68.8 Å². The van der Waals surface area contributed by atoms with Crippen LogP contribution in [0.5, 0.6) is 11.5 Å². The summed E-state index contributed by atoms with van der Waals surface area (Å²) in [6.07, 6.45) is 0.890. The zero-order valence-corrected chi connectivity index (χ0v) is 21.4. The summed E-state index contributed by atoms with van der Waals surface area (Å²) in [5, 5.41) is 6.84. The molecule has 2 amide bonds. The van der Waals surface area contributed by atoms with Crippen molar-refractivity contribution in [3.05, 3.63) is 50.4 Å². The number of hydrogen-bond donors (Lipinski definition) is 2. The number of rotatable bonds is 11. The molecular formula is C22H22BrCl2N3O6. The molecule has 0 saturated heterocycles. The molecule has 2 aromatic carbocycles. The van der Waals surface area contributed by atoms with Crippen molar-refractivity contribution < 1.29 is 28.6 Å². The Morgan fingerprint density at radius 2 is 1.85 bits per heavy atom. The topological polar surface area (TPSA) is 115 Å². The minimum atomic E-state index is -0.634. The number of hydrazone groups is 1. The van der Waals surface area contributed by atoms with Crippen molar-refractivity contribution in [1.29, 1.82) is 0 Å². The average molecular weight is 575 g/mol. The number of ether oxygens (including phenoxy) is 3. The van der Waals surface area contributed by atoms with Gasteiger partial charge in [-0.05, 0) is 59.6 Å². The lowest BCUT2D eigenvalue weighted by Crippen LogP contribution is -2.24. The molecule has 2 N–H and O–H groups in total. The van der Waals surface area contributed by atoms with Crippen molar-refractivity contribution in [3.63, 3.8) is 0 Å². The molecule has 12 heteroatoms. The summed E-state index contributed by atoms with van der Waals surface area (Å²) in [5.41, 5.74) is 3.14. The first-order valence-electron chi connectivity index (χ1n) is 10.1. The summed E-state index contributed by atoms with van der Waals surface area (Å²) in [7, 11) is 0. The van der Waals surface area contributed by atoms with E-state index in [1.807, 2.05) is 0 Å². The fourth-order valence-electron chi connectivity index (χ4n) is 2.56. The standard InChI is InChI=1S/C22H22BrCl2N3O6/c1-3-32-17-9-13(8-14(23)22(17)34-12-20(31)33-4-2)11-26-28-19(30)10-18(29)27-16-7-5-6-15(24)21(16)25/h5-9,11H,3-4,10,12H2,1-2H3,(H,27,29)(H,28,30). The van der Waals surface area contributed by atoms with Crippen molar-refractivity contribution in [2.75, 3.05) is 25.1 Å². The molecule has 0 bridgehead atoms. The summed E-state index contributed by atoms with van der Waals surface area (Å²) < 4.78 is 16.5. The van der Waals surface area contributed by atoms with Gasteiger partial charge in [-0.1, -0.05) is 29.3 Å². The van der Waals surface area contributed by atoms with Gasteiger partial charge in [-0.3, -0.25) is 9.59 Å². The molecule has 0 radical (unpaired) electrons. The smallest absolute Gasteiger partial charge is 0.344 e. The highest BCUT2D eigenvalue weighted by molar-refractivity contribution is 9.10. The molecule has 0 aliphatic rings. The number of hydrogen-bond acceptors (Lipinski definition) is 7. The minimum Gasteiger partial charge on any atom is -0.490 e. The highest BCUT2D eigenvalue weighted by Gasteiger charge is 2.15. The van der Waals surface area contributed by atoms with Crippen LogP contribution < -0.4 is 20.2 Å². The van der Waals surface area contributed by atoms with E-state index in [-0.39, 0.29) is 23.3 Å². The molecule has 0 fully saturated rings. The fourth-order valence-corrected chi connectivity index (χ4v) is 3.48. The summed E-state index contributed by atoms with van der Waals surface area (Å²) >= 11 is 15.3. The maximum atomic E-state index is 12.1. The van der Waals surface area contributed by atoms with Gasteiger partial charge >= 0.3 is 5.97 Å². The van der Waals surface area contributed by atoms with Gasteiger partial charge in [0.15, 0.2) is 18.1 Å². The Morgan fingerprint density at radius 3 is 2.56 bits per heavy atom. The molecule has 0 saturated carbocycles. The van der Waals surface area contributed by atoms with Gasteiger partial charge in [0.2, 0.25) is 11.8 Å². The number of esters is 1. The third-order valence-electron chi connectivity index (χ3n) is 3.92. The van der Waals surface area contributed by atoms with Gasteiger partial charge in [0.05, 0.1) is 39.6 Å². The monoisotopic (exact) mass is 573 g/mol. The van der Waals surface area contributed by atoms with Crippen LogP contribution in [0.3, 0.4) is 0 Å². The van der Waals surface area contributed by atoms with Crippen LogP contribution in [0.4, 0.5) is 5.69 Å². The van der Waals surface area contributed by atoms with Crippen molar-refractivity contribution in [2.24, 2.45) is 5.10 Å². The van der Waals surface area contributed by atoms with Crippen LogP contribution in [-0.2, 0) is 19.1 Å². The third kappa shape index (κ3) is 8.51. The van der Waals surface area contributed by atoms with Crippen LogP contribution >= 0.6 is 39.1 Å². The molecule has 0 atom stereocenters. The lowest BCUT2D eigenvalue weighted by Gasteiger charge is -2.14. The summed E-state index contributed by atoms with van der Waals surface area (Å²) in [5.74, 6) is -1.03. The largest absolute Gasteiger partial charge is 0.490 e. The van der Waals surface area contributed by atoms with Crippen molar-refractivity contribution in [3.8, 4) is 11.5 Å². The highest BCUT2D eigenvalue weighted by atomic mass is 79.9. The van der Waals surface area contributed by atoms with Crippen LogP contribution in [0.1, 0.15) is 25.8 Å². The van der Waals surface area contributed by atoms with E-state index in [4.69, 9.17) is 37.4 Å². The normalized spacial score (nSPS) is 10.6. The summed E-state index contributed by atoms with van der Waals surface area (Å²) in [6, 6.07) is 8.05. The van der Waals surface area contributed by atoms with Gasteiger partial charge in [-0.15, -0.1) is 0 Å². The number of halogens is 3. The van der Waals surface area contributed by atoms with E-state index in [9.17, 15) is 14.4 Å². The van der Waals surface area contributed by atoms with Gasteiger partial charge in [-0.25, -0.2) is 10.2 Å². The molecule has 182 valence electrons. The van der Waals surface area contributed by atoms with Crippen molar-refractivity contribution in [2.45, 2.75) is 20.3 Å². The molecular weight excluding hydrogens is 553 g/mol. The number of carbonyl (C=O) groups excluding carboxylic acids is 3. The molecule has 9 nitrogen and oxygen atoms in total. The van der Waals surface area contributed by atoms with Crippen LogP contribution in [-0.4, -0.2) is 43.8 Å². The number of benzene rings is 2. The molecule has 0 aromatic heterocycles.